The lowest BCUT2D eigenvalue weighted by atomic mass is 10.2. The molecule has 1 radical (unpaired) electrons. The normalized spacial score (nSPS) is 14.3. The molecule has 1 atom stereocenters. The van der Waals surface area contributed by atoms with Crippen molar-refractivity contribution in [3.05, 3.63) is 6.42 Å². The molecule has 0 aromatic rings. The Hall–Kier alpha value is -0.0800. The molecule has 0 aromatic heterocycles. The second kappa shape index (κ2) is 4.77. The van der Waals surface area contributed by atoms with Crippen molar-refractivity contribution in [1.82, 2.24) is 4.90 Å². The Kier molecular flexibility index (Phi) is 4.72. The zero-order valence-electron chi connectivity index (χ0n) is 6.59. The second-order valence-electron chi connectivity index (χ2n) is 2.76. The van der Waals surface area contributed by atoms with Crippen molar-refractivity contribution in [2.45, 2.75) is 19.4 Å². The van der Waals surface area contributed by atoms with E-state index in [0.29, 0.717) is 6.04 Å². The third kappa shape index (κ3) is 7.92. The van der Waals surface area contributed by atoms with Gasteiger partial charge < -0.3 is 10.6 Å². The number of nitrogens with zero attached hydrogens (tertiary/aromatic N) is 1. The van der Waals surface area contributed by atoms with Crippen LogP contribution in [0.25, 0.3) is 0 Å². The molecule has 0 saturated carbocycles. The summed E-state index contributed by atoms with van der Waals surface area (Å²) in [6, 6.07) is 0.310. The monoisotopic (exact) mass is 129 g/mol. The van der Waals surface area contributed by atoms with Crippen LogP contribution in [-0.2, 0) is 0 Å². The third-order valence-corrected chi connectivity index (χ3v) is 1.03. The fourth-order valence-electron chi connectivity index (χ4n) is 0.596. The molecule has 2 N–H and O–H groups in total. The average Bonchev–Trinajstić information content (AvgIpc) is 1.63. The third-order valence-electron chi connectivity index (χ3n) is 1.03. The summed E-state index contributed by atoms with van der Waals surface area (Å²) in [4.78, 5) is 2.13. The molecule has 0 spiro atoms. The smallest absolute Gasteiger partial charge is 0.00137 e. The van der Waals surface area contributed by atoms with Crippen molar-refractivity contribution in [3.8, 4) is 0 Å². The van der Waals surface area contributed by atoms with Crippen LogP contribution < -0.4 is 5.73 Å². The van der Waals surface area contributed by atoms with Gasteiger partial charge in [-0.3, -0.25) is 0 Å². The van der Waals surface area contributed by atoms with Crippen LogP contribution in [0.1, 0.15) is 13.3 Å². The number of hydrogen-bond acceptors (Lipinski definition) is 2. The summed E-state index contributed by atoms with van der Waals surface area (Å²) in [6.45, 7) is 3.05. The molecule has 0 saturated heterocycles. The minimum atomic E-state index is 0.310. The molecule has 1 unspecified atom stereocenters. The Morgan fingerprint density at radius 1 is 1.56 bits per heavy atom. The van der Waals surface area contributed by atoms with Gasteiger partial charge in [-0.1, -0.05) is 0 Å². The lowest BCUT2D eigenvalue weighted by Gasteiger charge is -2.09. The van der Waals surface area contributed by atoms with Gasteiger partial charge in [0.05, 0.1) is 0 Å². The minimum Gasteiger partial charge on any atom is -0.328 e. The summed E-state index contributed by atoms with van der Waals surface area (Å²) in [6.07, 6.45) is 3.21. The first-order chi connectivity index (χ1) is 4.13. The van der Waals surface area contributed by atoms with Gasteiger partial charge in [0.1, 0.15) is 0 Å². The average molecular weight is 129 g/mol. The van der Waals surface area contributed by atoms with E-state index < -0.39 is 0 Å². The highest BCUT2D eigenvalue weighted by atomic mass is 15.0. The number of nitrogens with two attached hydrogens (primary N) is 1. The molecular formula is C7H17N2. The SMILES string of the molecule is CC(N)C[CH]CN(C)C. The minimum absolute atomic E-state index is 0.310. The molecule has 0 aliphatic carbocycles. The van der Waals surface area contributed by atoms with Crippen LogP contribution in [0.15, 0.2) is 0 Å². The van der Waals surface area contributed by atoms with Gasteiger partial charge in [-0.2, -0.15) is 0 Å². The zero-order valence-corrected chi connectivity index (χ0v) is 6.59. The first kappa shape index (κ1) is 8.92. The van der Waals surface area contributed by atoms with Crippen LogP contribution in [0.3, 0.4) is 0 Å². The largest absolute Gasteiger partial charge is 0.328 e. The molecule has 0 aromatic carbocycles. The number of hydrogen-bond donors (Lipinski definition) is 1. The Morgan fingerprint density at radius 3 is 2.44 bits per heavy atom. The first-order valence-electron chi connectivity index (χ1n) is 3.35. The summed E-state index contributed by atoms with van der Waals surface area (Å²) in [5, 5.41) is 0. The second-order valence-corrected chi connectivity index (χ2v) is 2.76. The predicted molar refractivity (Wildman–Crippen MR) is 41.1 cm³/mol. The predicted octanol–water partition coefficient (Wildman–Crippen LogP) is 0.490. The van der Waals surface area contributed by atoms with Gasteiger partial charge in [-0.05, 0) is 33.9 Å². The van der Waals surface area contributed by atoms with E-state index in [2.05, 4.69) is 25.4 Å². The van der Waals surface area contributed by atoms with E-state index in [9.17, 15) is 0 Å². The number of rotatable bonds is 4. The van der Waals surface area contributed by atoms with Gasteiger partial charge >= 0.3 is 0 Å². The van der Waals surface area contributed by atoms with E-state index in [1.165, 1.54) is 0 Å². The van der Waals surface area contributed by atoms with Crippen LogP contribution in [0.5, 0.6) is 0 Å². The maximum absolute atomic E-state index is 5.53. The topological polar surface area (TPSA) is 29.3 Å². The molecule has 2 heteroatoms. The van der Waals surface area contributed by atoms with Gasteiger partial charge in [-0.25, -0.2) is 0 Å². The van der Waals surface area contributed by atoms with Gasteiger partial charge in [0, 0.05) is 12.6 Å². The van der Waals surface area contributed by atoms with E-state index >= 15 is 0 Å². The summed E-state index contributed by atoms with van der Waals surface area (Å²) >= 11 is 0. The van der Waals surface area contributed by atoms with Crippen LogP contribution >= 0.6 is 0 Å². The molecule has 0 rings (SSSR count). The van der Waals surface area contributed by atoms with Crippen LogP contribution in [0.4, 0.5) is 0 Å². The van der Waals surface area contributed by atoms with Crippen molar-refractivity contribution < 1.29 is 0 Å². The summed E-state index contributed by atoms with van der Waals surface area (Å²) in [7, 11) is 4.11. The van der Waals surface area contributed by atoms with E-state index in [-0.39, 0.29) is 0 Å². The summed E-state index contributed by atoms with van der Waals surface area (Å²) < 4.78 is 0. The quantitative estimate of drug-likeness (QED) is 0.598. The van der Waals surface area contributed by atoms with E-state index in [4.69, 9.17) is 5.73 Å². The van der Waals surface area contributed by atoms with E-state index in [1.54, 1.807) is 0 Å². The van der Waals surface area contributed by atoms with Gasteiger partial charge in [0.25, 0.3) is 0 Å². The van der Waals surface area contributed by atoms with Gasteiger partial charge in [0.2, 0.25) is 0 Å². The maximum atomic E-state index is 5.53. The van der Waals surface area contributed by atoms with E-state index in [1.807, 2.05) is 6.92 Å². The molecule has 2 nitrogen and oxygen atoms in total. The highest BCUT2D eigenvalue weighted by molar-refractivity contribution is 4.71. The van der Waals surface area contributed by atoms with Crippen LogP contribution in [-0.4, -0.2) is 31.6 Å². The summed E-state index contributed by atoms with van der Waals surface area (Å²) in [5.74, 6) is 0. The van der Waals surface area contributed by atoms with Crippen molar-refractivity contribution in [2.24, 2.45) is 5.73 Å². The Balaban J connectivity index is 2.91. The van der Waals surface area contributed by atoms with E-state index in [0.717, 1.165) is 13.0 Å². The van der Waals surface area contributed by atoms with Crippen molar-refractivity contribution in [2.75, 3.05) is 20.6 Å². The zero-order chi connectivity index (χ0) is 7.28. The first-order valence-corrected chi connectivity index (χ1v) is 3.35. The van der Waals surface area contributed by atoms with Gasteiger partial charge in [0.15, 0.2) is 0 Å². The standard InChI is InChI=1S/C7H17N2/c1-7(8)5-4-6-9(2)3/h4,7H,5-6,8H2,1-3H3. The van der Waals surface area contributed by atoms with Crippen LogP contribution in [0.2, 0.25) is 0 Å². The highest BCUT2D eigenvalue weighted by Crippen LogP contribution is 1.91. The Bertz CT molecular complexity index is 51.9. The lowest BCUT2D eigenvalue weighted by Crippen LogP contribution is -2.19. The molecular weight excluding hydrogens is 112 g/mol. The van der Waals surface area contributed by atoms with Crippen molar-refractivity contribution in [1.29, 1.82) is 0 Å². The lowest BCUT2D eigenvalue weighted by molar-refractivity contribution is 0.432. The molecule has 0 aliphatic heterocycles. The fourth-order valence-corrected chi connectivity index (χ4v) is 0.596. The maximum Gasteiger partial charge on any atom is 0.00137 e. The molecule has 9 heavy (non-hydrogen) atoms. The molecule has 0 bridgehead atoms. The molecule has 0 heterocycles. The Morgan fingerprint density at radius 2 is 2.11 bits per heavy atom. The molecule has 0 amide bonds. The molecule has 0 aliphatic rings. The van der Waals surface area contributed by atoms with Gasteiger partial charge in [-0.15, -0.1) is 0 Å². The highest BCUT2D eigenvalue weighted by Gasteiger charge is 1.94. The molecule has 55 valence electrons. The van der Waals surface area contributed by atoms with Crippen LogP contribution in [0, 0.1) is 6.42 Å². The Labute approximate surface area is 58.0 Å². The van der Waals surface area contributed by atoms with Crippen molar-refractivity contribution >= 4 is 0 Å². The fraction of sp³-hybridized carbons (Fsp3) is 0.857. The molecule has 0 fully saturated rings. The summed E-state index contributed by atoms with van der Waals surface area (Å²) in [5.41, 5.74) is 5.53. The van der Waals surface area contributed by atoms with Crippen molar-refractivity contribution in [3.63, 3.8) is 0 Å².